The van der Waals surface area contributed by atoms with Gasteiger partial charge in [0.1, 0.15) is 0 Å². The molecule has 0 bridgehead atoms. The quantitative estimate of drug-likeness (QED) is 0.894. The third-order valence-corrected chi connectivity index (χ3v) is 5.10. The van der Waals surface area contributed by atoms with Gasteiger partial charge in [0, 0.05) is 13.1 Å². The number of sulfonamides is 1. The van der Waals surface area contributed by atoms with Gasteiger partial charge in [-0.25, -0.2) is 13.1 Å². The van der Waals surface area contributed by atoms with Gasteiger partial charge in [0.25, 0.3) is 0 Å². The van der Waals surface area contributed by atoms with Crippen LogP contribution in [0.4, 0.5) is 0 Å². The lowest BCUT2D eigenvalue weighted by Gasteiger charge is -2.21. The monoisotopic (exact) mass is 296 g/mol. The van der Waals surface area contributed by atoms with E-state index in [0.717, 1.165) is 37.1 Å². The molecule has 5 heteroatoms. The minimum atomic E-state index is -3.40. The van der Waals surface area contributed by atoms with Crippen molar-refractivity contribution in [3.05, 3.63) is 29.3 Å². The molecule has 1 aliphatic rings. The molecule has 0 atom stereocenters. The highest BCUT2D eigenvalue weighted by Gasteiger charge is 2.22. The Balaban J connectivity index is 2.18. The van der Waals surface area contributed by atoms with Gasteiger partial charge >= 0.3 is 0 Å². The summed E-state index contributed by atoms with van der Waals surface area (Å²) in [7, 11) is -3.40. The summed E-state index contributed by atoms with van der Waals surface area (Å²) in [6, 6.07) is 5.53. The van der Waals surface area contributed by atoms with Crippen LogP contribution in [-0.2, 0) is 23.0 Å². The average Bonchev–Trinajstić information content (AvgIpc) is 2.36. The maximum atomic E-state index is 12.5. The van der Waals surface area contributed by atoms with Gasteiger partial charge in [-0.1, -0.05) is 32.9 Å². The van der Waals surface area contributed by atoms with Crippen molar-refractivity contribution < 1.29 is 8.42 Å². The van der Waals surface area contributed by atoms with Gasteiger partial charge in [0.05, 0.1) is 4.90 Å². The molecule has 0 aromatic heterocycles. The predicted octanol–water partition coefficient (Wildman–Crippen LogP) is 2.05. The van der Waals surface area contributed by atoms with Crippen LogP contribution in [0.5, 0.6) is 0 Å². The first-order valence-electron chi connectivity index (χ1n) is 7.11. The van der Waals surface area contributed by atoms with Crippen molar-refractivity contribution in [1.82, 2.24) is 10.0 Å². The molecule has 0 unspecified atom stereocenters. The summed E-state index contributed by atoms with van der Waals surface area (Å²) in [5.74, 6) is 0. The van der Waals surface area contributed by atoms with Crippen LogP contribution in [0.25, 0.3) is 0 Å². The number of hydrogen-bond acceptors (Lipinski definition) is 3. The summed E-state index contributed by atoms with van der Waals surface area (Å²) in [4.78, 5) is 0.449. The largest absolute Gasteiger partial charge is 0.312 e. The lowest BCUT2D eigenvalue weighted by Crippen LogP contribution is -2.31. The van der Waals surface area contributed by atoms with E-state index in [2.05, 4.69) is 30.8 Å². The first-order valence-corrected chi connectivity index (χ1v) is 8.59. The molecule has 0 saturated carbocycles. The molecule has 1 aliphatic heterocycles. The molecule has 1 heterocycles. The minimum Gasteiger partial charge on any atom is -0.312 e. The Bertz CT molecular complexity index is 574. The molecule has 1 aromatic rings. The highest BCUT2D eigenvalue weighted by Crippen LogP contribution is 2.23. The van der Waals surface area contributed by atoms with Gasteiger partial charge in [-0.3, -0.25) is 0 Å². The SMILES string of the molecule is CC(C)(C)CCNS(=O)(=O)c1cccc2c1CCNC2. The Morgan fingerprint density at radius 2 is 2.05 bits per heavy atom. The Kier molecular flexibility index (Phi) is 4.52. The summed E-state index contributed by atoms with van der Waals surface area (Å²) in [6.07, 6.45) is 1.59. The summed E-state index contributed by atoms with van der Waals surface area (Å²) in [5.41, 5.74) is 2.19. The molecule has 20 heavy (non-hydrogen) atoms. The van der Waals surface area contributed by atoms with Crippen molar-refractivity contribution in [2.75, 3.05) is 13.1 Å². The Morgan fingerprint density at radius 1 is 1.30 bits per heavy atom. The second kappa shape index (κ2) is 5.84. The standard InChI is InChI=1S/C15H24N2O2S/c1-15(2,3)8-10-17-20(18,19)14-6-4-5-12-11-16-9-7-13(12)14/h4-6,16-17H,7-11H2,1-3H3. The van der Waals surface area contributed by atoms with Crippen LogP contribution in [0, 0.1) is 5.41 Å². The van der Waals surface area contributed by atoms with E-state index in [1.165, 1.54) is 0 Å². The minimum absolute atomic E-state index is 0.128. The van der Waals surface area contributed by atoms with E-state index in [4.69, 9.17) is 0 Å². The van der Waals surface area contributed by atoms with Crippen LogP contribution in [0.3, 0.4) is 0 Å². The van der Waals surface area contributed by atoms with Crippen LogP contribution in [0.1, 0.15) is 38.3 Å². The van der Waals surface area contributed by atoms with Gasteiger partial charge in [-0.2, -0.15) is 0 Å². The first-order chi connectivity index (χ1) is 9.30. The first kappa shape index (κ1) is 15.5. The Hall–Kier alpha value is -0.910. The van der Waals surface area contributed by atoms with E-state index < -0.39 is 10.0 Å². The number of benzene rings is 1. The van der Waals surface area contributed by atoms with Gasteiger partial charge in [0.2, 0.25) is 10.0 Å². The van der Waals surface area contributed by atoms with Crippen LogP contribution < -0.4 is 10.0 Å². The van der Waals surface area contributed by atoms with E-state index in [9.17, 15) is 8.42 Å². The third-order valence-electron chi connectivity index (χ3n) is 3.55. The molecule has 112 valence electrons. The highest BCUT2D eigenvalue weighted by molar-refractivity contribution is 7.89. The fourth-order valence-corrected chi connectivity index (χ4v) is 3.73. The Morgan fingerprint density at radius 3 is 2.75 bits per heavy atom. The van der Waals surface area contributed by atoms with Crippen LogP contribution >= 0.6 is 0 Å². The summed E-state index contributed by atoms with van der Waals surface area (Å²) in [5, 5.41) is 3.27. The van der Waals surface area contributed by atoms with Gasteiger partial charge < -0.3 is 5.32 Å². The van der Waals surface area contributed by atoms with Crippen molar-refractivity contribution in [1.29, 1.82) is 0 Å². The highest BCUT2D eigenvalue weighted by atomic mass is 32.2. The smallest absolute Gasteiger partial charge is 0.240 e. The topological polar surface area (TPSA) is 58.2 Å². The zero-order chi connectivity index (χ0) is 14.8. The zero-order valence-corrected chi connectivity index (χ0v) is 13.3. The van der Waals surface area contributed by atoms with Crippen molar-refractivity contribution in [2.24, 2.45) is 5.41 Å². The van der Waals surface area contributed by atoms with E-state index >= 15 is 0 Å². The van der Waals surface area contributed by atoms with E-state index in [0.29, 0.717) is 11.4 Å². The maximum Gasteiger partial charge on any atom is 0.240 e. The summed E-state index contributed by atoms with van der Waals surface area (Å²) < 4.78 is 27.7. The molecule has 0 aliphatic carbocycles. The molecule has 1 aromatic carbocycles. The predicted molar refractivity (Wildman–Crippen MR) is 81.1 cm³/mol. The van der Waals surface area contributed by atoms with Crippen molar-refractivity contribution in [2.45, 2.75) is 45.1 Å². The number of fused-ring (bicyclic) bond motifs is 1. The average molecular weight is 296 g/mol. The third kappa shape index (κ3) is 3.81. The zero-order valence-electron chi connectivity index (χ0n) is 12.5. The van der Waals surface area contributed by atoms with Crippen molar-refractivity contribution in [3.63, 3.8) is 0 Å². The molecular formula is C15H24N2O2S. The molecule has 2 N–H and O–H groups in total. The Labute approximate surface area is 122 Å². The van der Waals surface area contributed by atoms with Crippen LogP contribution in [-0.4, -0.2) is 21.5 Å². The maximum absolute atomic E-state index is 12.5. The lowest BCUT2D eigenvalue weighted by molar-refractivity contribution is 0.378. The fourth-order valence-electron chi connectivity index (χ4n) is 2.39. The molecule has 0 radical (unpaired) electrons. The fraction of sp³-hybridized carbons (Fsp3) is 0.600. The molecular weight excluding hydrogens is 272 g/mol. The number of rotatable bonds is 4. The molecule has 0 amide bonds. The number of nitrogens with one attached hydrogen (secondary N) is 2. The van der Waals surface area contributed by atoms with Crippen molar-refractivity contribution >= 4 is 10.0 Å². The molecule has 0 spiro atoms. The summed E-state index contributed by atoms with van der Waals surface area (Å²) in [6.45, 7) is 8.39. The molecule has 0 fully saturated rings. The van der Waals surface area contributed by atoms with E-state index in [1.807, 2.05) is 12.1 Å². The molecule has 4 nitrogen and oxygen atoms in total. The van der Waals surface area contributed by atoms with Crippen LogP contribution in [0.15, 0.2) is 23.1 Å². The van der Waals surface area contributed by atoms with Gasteiger partial charge in [-0.05, 0) is 42.0 Å². The molecule has 2 rings (SSSR count). The lowest BCUT2D eigenvalue weighted by atomic mass is 9.93. The molecule has 0 saturated heterocycles. The number of hydrogen-bond donors (Lipinski definition) is 2. The summed E-state index contributed by atoms with van der Waals surface area (Å²) >= 11 is 0. The van der Waals surface area contributed by atoms with Gasteiger partial charge in [-0.15, -0.1) is 0 Å². The van der Waals surface area contributed by atoms with E-state index in [-0.39, 0.29) is 5.41 Å². The van der Waals surface area contributed by atoms with Crippen molar-refractivity contribution in [3.8, 4) is 0 Å². The van der Waals surface area contributed by atoms with Gasteiger partial charge in [0.15, 0.2) is 0 Å². The van der Waals surface area contributed by atoms with E-state index in [1.54, 1.807) is 6.07 Å². The normalized spacial score (nSPS) is 15.9. The second-order valence-corrected chi connectivity index (χ2v) is 8.26. The second-order valence-electron chi connectivity index (χ2n) is 6.53. The van der Waals surface area contributed by atoms with Crippen LogP contribution in [0.2, 0.25) is 0 Å².